The zero-order chi connectivity index (χ0) is 14.8. The number of nitrogens with zero attached hydrogens (tertiary/aromatic N) is 2. The quantitative estimate of drug-likeness (QED) is 0.749. The lowest BCUT2D eigenvalue weighted by atomic mass is 10.3. The van der Waals surface area contributed by atoms with E-state index in [1.165, 1.54) is 18.3 Å². The minimum Gasteiger partial charge on any atom is -0.438 e. The summed E-state index contributed by atoms with van der Waals surface area (Å²) in [7, 11) is 0. The van der Waals surface area contributed by atoms with Crippen LogP contribution in [-0.2, 0) is 0 Å². The summed E-state index contributed by atoms with van der Waals surface area (Å²) in [6, 6.07) is 5.06. The van der Waals surface area contributed by atoms with E-state index in [-0.39, 0.29) is 5.69 Å². The van der Waals surface area contributed by atoms with Crippen LogP contribution in [0.2, 0.25) is 0 Å². The molecule has 0 N–H and O–H groups in total. The first-order valence-corrected chi connectivity index (χ1v) is 7.46. The van der Waals surface area contributed by atoms with E-state index in [9.17, 15) is 8.78 Å². The van der Waals surface area contributed by atoms with Crippen molar-refractivity contribution in [1.82, 2.24) is 0 Å². The van der Waals surface area contributed by atoms with Crippen molar-refractivity contribution in [1.29, 1.82) is 0 Å². The van der Waals surface area contributed by atoms with Gasteiger partial charge in [0, 0.05) is 25.2 Å². The van der Waals surface area contributed by atoms with Crippen molar-refractivity contribution in [2.75, 3.05) is 18.0 Å². The summed E-state index contributed by atoms with van der Waals surface area (Å²) in [4.78, 5) is 6.15. The van der Waals surface area contributed by atoms with Crippen LogP contribution in [0, 0.1) is 11.6 Å². The molecule has 110 valence electrons. The average molecular weight is 355 g/mol. The van der Waals surface area contributed by atoms with Gasteiger partial charge in [-0.15, -0.1) is 0 Å². The van der Waals surface area contributed by atoms with E-state index in [2.05, 4.69) is 25.8 Å². The Balaban J connectivity index is 1.81. The molecule has 2 aromatic rings. The molecule has 1 aliphatic rings. The van der Waals surface area contributed by atoms with Crippen LogP contribution in [0.25, 0.3) is 0 Å². The predicted octanol–water partition coefficient (Wildman–Crippen LogP) is 4.67. The maximum atomic E-state index is 13.5. The van der Waals surface area contributed by atoms with E-state index in [1.807, 2.05) is 0 Å². The summed E-state index contributed by atoms with van der Waals surface area (Å²) in [5.41, 5.74) is 0.0756. The molecule has 3 nitrogen and oxygen atoms in total. The van der Waals surface area contributed by atoms with Gasteiger partial charge in [-0.25, -0.2) is 13.8 Å². The van der Waals surface area contributed by atoms with Crippen LogP contribution in [0.5, 0.6) is 0 Å². The number of aliphatic imine (C=N–C) groups is 1. The number of hydrogen-bond acceptors (Lipinski definition) is 3. The molecule has 0 radical (unpaired) electrons. The Labute approximate surface area is 129 Å². The van der Waals surface area contributed by atoms with E-state index < -0.39 is 11.6 Å². The summed E-state index contributed by atoms with van der Waals surface area (Å²) < 4.78 is 32.9. The van der Waals surface area contributed by atoms with Crippen molar-refractivity contribution in [3.8, 4) is 0 Å². The van der Waals surface area contributed by atoms with Gasteiger partial charge < -0.3 is 9.32 Å². The molecule has 0 bridgehead atoms. The molecule has 6 heteroatoms. The van der Waals surface area contributed by atoms with Crippen molar-refractivity contribution in [3.05, 3.63) is 46.1 Å². The van der Waals surface area contributed by atoms with Gasteiger partial charge in [0.2, 0.25) is 5.88 Å². The number of hydrogen-bond donors (Lipinski definition) is 0. The topological polar surface area (TPSA) is 28.7 Å². The Hall–Kier alpha value is -1.69. The molecule has 0 atom stereocenters. The van der Waals surface area contributed by atoms with E-state index >= 15 is 0 Å². The standard InChI is InChI=1S/C15H13BrF2N2O/c16-12-8-11(21-15(12)20-5-1-2-6-20)9-19-14-4-3-10(17)7-13(14)18/h3-4,7-9H,1-2,5-6H2. The highest BCUT2D eigenvalue weighted by atomic mass is 79.9. The van der Waals surface area contributed by atoms with Crippen LogP contribution in [0.3, 0.4) is 0 Å². The van der Waals surface area contributed by atoms with Gasteiger partial charge >= 0.3 is 0 Å². The number of furan rings is 1. The zero-order valence-electron chi connectivity index (χ0n) is 11.2. The van der Waals surface area contributed by atoms with Crippen molar-refractivity contribution in [2.45, 2.75) is 12.8 Å². The maximum absolute atomic E-state index is 13.5. The Morgan fingerprint density at radius 3 is 2.67 bits per heavy atom. The SMILES string of the molecule is Fc1ccc(N=Cc2cc(Br)c(N3CCCC3)o2)c(F)c1. The van der Waals surface area contributed by atoms with Crippen molar-refractivity contribution >= 4 is 33.7 Å². The molecule has 0 spiro atoms. The zero-order valence-corrected chi connectivity index (χ0v) is 12.7. The van der Waals surface area contributed by atoms with Crippen LogP contribution in [-0.4, -0.2) is 19.3 Å². The molecule has 1 aromatic carbocycles. The van der Waals surface area contributed by atoms with Crippen LogP contribution in [0.1, 0.15) is 18.6 Å². The van der Waals surface area contributed by atoms with Crippen molar-refractivity contribution in [3.63, 3.8) is 0 Å². The summed E-state index contributed by atoms with van der Waals surface area (Å²) in [5.74, 6) is -0.0267. The largest absolute Gasteiger partial charge is 0.438 e. The lowest BCUT2D eigenvalue weighted by Crippen LogP contribution is -2.17. The van der Waals surface area contributed by atoms with Crippen molar-refractivity contribution in [2.24, 2.45) is 4.99 Å². The summed E-state index contributed by atoms with van der Waals surface area (Å²) in [6.45, 7) is 1.94. The minimum atomic E-state index is -0.698. The van der Waals surface area contributed by atoms with E-state index in [0.717, 1.165) is 42.4 Å². The summed E-state index contributed by atoms with van der Waals surface area (Å²) >= 11 is 3.46. The highest BCUT2D eigenvalue weighted by molar-refractivity contribution is 9.10. The molecular formula is C15H13BrF2N2O. The molecule has 1 aromatic heterocycles. The smallest absolute Gasteiger partial charge is 0.210 e. The first-order valence-electron chi connectivity index (χ1n) is 6.67. The molecule has 21 heavy (non-hydrogen) atoms. The third-order valence-electron chi connectivity index (χ3n) is 3.32. The van der Waals surface area contributed by atoms with Crippen LogP contribution >= 0.6 is 15.9 Å². The molecule has 1 fully saturated rings. The van der Waals surface area contributed by atoms with Gasteiger partial charge in [-0.2, -0.15) is 0 Å². The van der Waals surface area contributed by atoms with Gasteiger partial charge in [-0.3, -0.25) is 0 Å². The molecule has 0 aliphatic carbocycles. The Morgan fingerprint density at radius 2 is 1.95 bits per heavy atom. The highest BCUT2D eigenvalue weighted by Gasteiger charge is 2.19. The van der Waals surface area contributed by atoms with E-state index in [0.29, 0.717) is 5.76 Å². The summed E-state index contributed by atoms with van der Waals surface area (Å²) in [6.07, 6.45) is 3.73. The Morgan fingerprint density at radius 1 is 1.19 bits per heavy atom. The lowest BCUT2D eigenvalue weighted by molar-refractivity contribution is 0.549. The lowest BCUT2D eigenvalue weighted by Gasteiger charge is -2.13. The number of rotatable bonds is 3. The van der Waals surface area contributed by atoms with Gasteiger partial charge in [-0.05, 0) is 40.9 Å². The van der Waals surface area contributed by atoms with Crippen molar-refractivity contribution < 1.29 is 13.2 Å². The first-order chi connectivity index (χ1) is 10.1. The van der Waals surface area contributed by atoms with Gasteiger partial charge in [-0.1, -0.05) is 0 Å². The molecule has 0 unspecified atom stereocenters. The first kappa shape index (κ1) is 14.3. The second-order valence-corrected chi connectivity index (χ2v) is 5.70. The fourth-order valence-electron chi connectivity index (χ4n) is 2.30. The third-order valence-corrected chi connectivity index (χ3v) is 3.89. The van der Waals surface area contributed by atoms with Crippen LogP contribution in [0.4, 0.5) is 20.4 Å². The third kappa shape index (κ3) is 3.15. The number of benzene rings is 1. The monoisotopic (exact) mass is 354 g/mol. The van der Waals surface area contributed by atoms with Gasteiger partial charge in [0.15, 0.2) is 5.82 Å². The summed E-state index contributed by atoms with van der Waals surface area (Å²) in [5, 5.41) is 0. The highest BCUT2D eigenvalue weighted by Crippen LogP contribution is 2.32. The molecule has 1 saturated heterocycles. The van der Waals surface area contributed by atoms with Crippen LogP contribution in [0.15, 0.2) is 38.1 Å². The minimum absolute atomic E-state index is 0.0756. The van der Waals surface area contributed by atoms with Gasteiger partial charge in [0.1, 0.15) is 11.6 Å². The molecule has 0 amide bonds. The number of halogens is 3. The maximum Gasteiger partial charge on any atom is 0.210 e. The second-order valence-electron chi connectivity index (χ2n) is 4.85. The molecule has 3 rings (SSSR count). The molecule has 0 saturated carbocycles. The predicted molar refractivity (Wildman–Crippen MR) is 81.5 cm³/mol. The molecule has 1 aliphatic heterocycles. The second kappa shape index (κ2) is 5.97. The van der Waals surface area contributed by atoms with E-state index in [4.69, 9.17) is 4.42 Å². The van der Waals surface area contributed by atoms with E-state index in [1.54, 1.807) is 6.07 Å². The van der Waals surface area contributed by atoms with Gasteiger partial charge in [0.05, 0.1) is 16.4 Å². The molecular weight excluding hydrogens is 342 g/mol. The van der Waals surface area contributed by atoms with Crippen LogP contribution < -0.4 is 4.90 Å². The number of anilines is 1. The fraction of sp³-hybridized carbons (Fsp3) is 0.267. The average Bonchev–Trinajstić information content (AvgIpc) is 3.07. The Bertz CT molecular complexity index is 678. The normalized spacial score (nSPS) is 15.3. The molecule has 2 heterocycles. The fourth-order valence-corrected chi connectivity index (χ4v) is 2.85. The van der Waals surface area contributed by atoms with Gasteiger partial charge in [0.25, 0.3) is 0 Å². The Kier molecular flexibility index (Phi) is 4.05.